The molecule has 1 fully saturated rings. The van der Waals surface area contributed by atoms with Crippen molar-refractivity contribution in [3.8, 4) is 0 Å². The second-order valence-corrected chi connectivity index (χ2v) is 5.77. The average Bonchev–Trinajstić information content (AvgIpc) is 3.17. The first-order valence-electron chi connectivity index (χ1n) is 7.01. The molecule has 0 bridgehead atoms. The van der Waals surface area contributed by atoms with Gasteiger partial charge < -0.3 is 10.3 Å². The van der Waals surface area contributed by atoms with E-state index in [0.717, 1.165) is 23.6 Å². The van der Waals surface area contributed by atoms with E-state index in [-0.39, 0.29) is 0 Å². The fourth-order valence-electron chi connectivity index (χ4n) is 2.73. The molecule has 0 amide bonds. The van der Waals surface area contributed by atoms with Gasteiger partial charge in [-0.15, -0.1) is 0 Å². The molecular weight excluding hydrogens is 236 g/mol. The molecule has 4 heteroatoms. The number of benzene rings is 1. The van der Waals surface area contributed by atoms with Crippen LogP contribution in [0.25, 0.3) is 11.0 Å². The van der Waals surface area contributed by atoms with Crippen LogP contribution in [-0.2, 0) is 6.54 Å². The summed E-state index contributed by atoms with van der Waals surface area (Å²) in [6.07, 6.45) is 2.67. The number of para-hydroxylation sites is 1. The Kier molecular flexibility index (Phi) is 2.97. The zero-order valence-corrected chi connectivity index (χ0v) is 11.9. The van der Waals surface area contributed by atoms with Gasteiger partial charge in [0, 0.05) is 18.6 Å². The summed E-state index contributed by atoms with van der Waals surface area (Å²) >= 11 is 0. The van der Waals surface area contributed by atoms with Crippen LogP contribution in [0, 0.1) is 6.92 Å². The number of nitrogen functional groups attached to an aromatic ring is 1. The Morgan fingerprint density at radius 1 is 1.47 bits per heavy atom. The van der Waals surface area contributed by atoms with Crippen molar-refractivity contribution in [1.29, 1.82) is 0 Å². The van der Waals surface area contributed by atoms with Crippen LogP contribution in [0.2, 0.25) is 0 Å². The number of rotatable bonds is 4. The molecule has 1 aliphatic carbocycles. The molecule has 1 aromatic heterocycles. The highest BCUT2D eigenvalue weighted by Crippen LogP contribution is 2.28. The van der Waals surface area contributed by atoms with E-state index in [0.29, 0.717) is 12.0 Å². The monoisotopic (exact) mass is 258 g/mol. The van der Waals surface area contributed by atoms with E-state index in [2.05, 4.69) is 53.5 Å². The molecule has 0 radical (unpaired) electrons. The van der Waals surface area contributed by atoms with Crippen LogP contribution in [0.3, 0.4) is 0 Å². The highest BCUT2D eigenvalue weighted by Gasteiger charge is 2.29. The van der Waals surface area contributed by atoms with Crippen molar-refractivity contribution < 1.29 is 0 Å². The van der Waals surface area contributed by atoms with Crippen LogP contribution >= 0.6 is 0 Å². The lowest BCUT2D eigenvalue weighted by Crippen LogP contribution is -2.34. The van der Waals surface area contributed by atoms with E-state index in [1.807, 2.05) is 0 Å². The first-order chi connectivity index (χ1) is 9.08. The van der Waals surface area contributed by atoms with Crippen LogP contribution in [0.4, 0.5) is 5.95 Å². The Morgan fingerprint density at radius 2 is 2.21 bits per heavy atom. The Balaban J connectivity index is 1.91. The maximum Gasteiger partial charge on any atom is 0.201 e. The lowest BCUT2D eigenvalue weighted by atomic mass is 10.2. The zero-order chi connectivity index (χ0) is 13.6. The third-order valence-corrected chi connectivity index (χ3v) is 4.28. The lowest BCUT2D eigenvalue weighted by molar-refractivity contribution is 0.228. The smallest absolute Gasteiger partial charge is 0.201 e. The molecule has 1 unspecified atom stereocenters. The van der Waals surface area contributed by atoms with Gasteiger partial charge in [0.1, 0.15) is 0 Å². The Bertz CT molecular complexity index is 597. The van der Waals surface area contributed by atoms with Gasteiger partial charge in [0.25, 0.3) is 0 Å². The van der Waals surface area contributed by atoms with Crippen LogP contribution in [0.15, 0.2) is 18.2 Å². The standard InChI is InChI=1S/C15H22N4/c1-10-5-4-6-13-14(10)17-15(16)19(13)9-11(2)18(3)12-7-8-12/h4-6,11-12H,7-9H2,1-3H3,(H2,16,17). The first-order valence-corrected chi connectivity index (χ1v) is 7.01. The molecule has 102 valence electrons. The summed E-state index contributed by atoms with van der Waals surface area (Å²) in [5.74, 6) is 0.625. The topological polar surface area (TPSA) is 47.1 Å². The van der Waals surface area contributed by atoms with E-state index >= 15 is 0 Å². The molecule has 4 nitrogen and oxygen atoms in total. The fourth-order valence-corrected chi connectivity index (χ4v) is 2.73. The number of fused-ring (bicyclic) bond motifs is 1. The highest BCUT2D eigenvalue weighted by molar-refractivity contribution is 5.81. The van der Waals surface area contributed by atoms with Gasteiger partial charge in [-0.2, -0.15) is 0 Å². The van der Waals surface area contributed by atoms with E-state index in [4.69, 9.17) is 5.73 Å². The number of anilines is 1. The summed E-state index contributed by atoms with van der Waals surface area (Å²) in [5.41, 5.74) is 9.46. The normalized spacial score (nSPS) is 17.3. The van der Waals surface area contributed by atoms with Crippen molar-refractivity contribution in [2.45, 2.75) is 45.3 Å². The third kappa shape index (κ3) is 2.21. The second-order valence-electron chi connectivity index (χ2n) is 5.77. The molecule has 0 spiro atoms. The van der Waals surface area contributed by atoms with E-state index in [1.165, 1.54) is 18.4 Å². The minimum Gasteiger partial charge on any atom is -0.369 e. The van der Waals surface area contributed by atoms with Gasteiger partial charge in [0.05, 0.1) is 11.0 Å². The van der Waals surface area contributed by atoms with Crippen LogP contribution in [0.5, 0.6) is 0 Å². The van der Waals surface area contributed by atoms with Crippen molar-refractivity contribution in [2.75, 3.05) is 12.8 Å². The molecule has 3 rings (SSSR count). The van der Waals surface area contributed by atoms with Crippen molar-refractivity contribution in [1.82, 2.24) is 14.5 Å². The minimum absolute atomic E-state index is 0.479. The molecule has 1 aromatic carbocycles. The van der Waals surface area contributed by atoms with Gasteiger partial charge in [-0.05, 0) is 45.4 Å². The maximum atomic E-state index is 6.10. The van der Waals surface area contributed by atoms with Gasteiger partial charge in [0.2, 0.25) is 5.95 Å². The van der Waals surface area contributed by atoms with Crippen LogP contribution in [0.1, 0.15) is 25.3 Å². The number of nitrogens with zero attached hydrogens (tertiary/aromatic N) is 3. The van der Waals surface area contributed by atoms with E-state index < -0.39 is 0 Å². The molecule has 1 heterocycles. The molecular formula is C15H22N4. The molecule has 2 N–H and O–H groups in total. The van der Waals surface area contributed by atoms with Gasteiger partial charge in [-0.25, -0.2) is 4.98 Å². The summed E-state index contributed by atoms with van der Waals surface area (Å²) in [5, 5.41) is 0. The number of aryl methyl sites for hydroxylation is 1. The van der Waals surface area contributed by atoms with Crippen molar-refractivity contribution in [3.63, 3.8) is 0 Å². The van der Waals surface area contributed by atoms with Crippen LogP contribution in [-0.4, -0.2) is 33.6 Å². The lowest BCUT2D eigenvalue weighted by Gasteiger charge is -2.25. The number of hydrogen-bond donors (Lipinski definition) is 1. The SMILES string of the molecule is Cc1cccc2c1nc(N)n2CC(C)N(C)C1CC1. The van der Waals surface area contributed by atoms with Gasteiger partial charge in [-0.3, -0.25) is 4.90 Å². The van der Waals surface area contributed by atoms with Gasteiger partial charge in [-0.1, -0.05) is 12.1 Å². The molecule has 0 saturated heterocycles. The number of hydrogen-bond acceptors (Lipinski definition) is 3. The largest absolute Gasteiger partial charge is 0.369 e. The Labute approximate surface area is 114 Å². The highest BCUT2D eigenvalue weighted by atomic mass is 15.2. The average molecular weight is 258 g/mol. The number of aromatic nitrogens is 2. The summed E-state index contributed by atoms with van der Waals surface area (Å²) in [7, 11) is 2.21. The Morgan fingerprint density at radius 3 is 2.89 bits per heavy atom. The zero-order valence-electron chi connectivity index (χ0n) is 11.9. The number of nitrogens with two attached hydrogens (primary N) is 1. The van der Waals surface area contributed by atoms with Gasteiger partial charge >= 0.3 is 0 Å². The molecule has 1 aliphatic rings. The summed E-state index contributed by atoms with van der Waals surface area (Å²) in [4.78, 5) is 6.97. The second kappa shape index (κ2) is 4.53. The van der Waals surface area contributed by atoms with E-state index in [9.17, 15) is 0 Å². The molecule has 2 aromatic rings. The Hall–Kier alpha value is -1.55. The molecule has 19 heavy (non-hydrogen) atoms. The number of imidazole rings is 1. The maximum absolute atomic E-state index is 6.10. The third-order valence-electron chi connectivity index (χ3n) is 4.28. The minimum atomic E-state index is 0.479. The predicted molar refractivity (Wildman–Crippen MR) is 79.1 cm³/mol. The predicted octanol–water partition coefficient (Wildman–Crippen LogP) is 2.41. The quantitative estimate of drug-likeness (QED) is 0.916. The first kappa shape index (κ1) is 12.5. The van der Waals surface area contributed by atoms with Crippen molar-refractivity contribution in [2.24, 2.45) is 0 Å². The van der Waals surface area contributed by atoms with E-state index in [1.54, 1.807) is 0 Å². The molecule has 1 atom stereocenters. The van der Waals surface area contributed by atoms with Crippen molar-refractivity contribution in [3.05, 3.63) is 23.8 Å². The molecule has 1 saturated carbocycles. The van der Waals surface area contributed by atoms with Gasteiger partial charge in [0.15, 0.2) is 0 Å². The summed E-state index contributed by atoms with van der Waals surface area (Å²) < 4.78 is 2.14. The molecule has 0 aliphatic heterocycles. The van der Waals surface area contributed by atoms with Crippen LogP contribution < -0.4 is 5.73 Å². The summed E-state index contributed by atoms with van der Waals surface area (Å²) in [6, 6.07) is 7.51. The summed E-state index contributed by atoms with van der Waals surface area (Å²) in [6.45, 7) is 5.25. The number of likely N-dealkylation sites (N-methyl/N-ethyl adjacent to an activating group) is 1. The fraction of sp³-hybridized carbons (Fsp3) is 0.533. The van der Waals surface area contributed by atoms with Crippen molar-refractivity contribution >= 4 is 17.0 Å².